The van der Waals surface area contributed by atoms with Gasteiger partial charge in [0.25, 0.3) is 0 Å². The highest BCUT2D eigenvalue weighted by Crippen LogP contribution is 2.33. The summed E-state index contributed by atoms with van der Waals surface area (Å²) in [6.07, 6.45) is 5.45. The van der Waals surface area contributed by atoms with Crippen molar-refractivity contribution in [2.75, 3.05) is 17.7 Å². The third kappa shape index (κ3) is 2.11. The molecule has 4 N–H and O–H groups in total. The van der Waals surface area contributed by atoms with Crippen LogP contribution in [0.4, 0.5) is 11.6 Å². The molecular weight excluding hydrogens is 180 g/mol. The second-order valence-electron chi connectivity index (χ2n) is 3.61. The Morgan fingerprint density at radius 3 is 2.64 bits per heavy atom. The monoisotopic (exact) mass is 194 g/mol. The largest absolute Gasteiger partial charge is 0.396 e. The highest BCUT2D eigenvalue weighted by molar-refractivity contribution is 5.36. The minimum Gasteiger partial charge on any atom is -0.396 e. The van der Waals surface area contributed by atoms with Crippen molar-refractivity contribution < 1.29 is 5.11 Å². The normalized spacial score (nSPS) is 17.8. The minimum atomic E-state index is 0.0821. The molecule has 0 saturated heterocycles. The Morgan fingerprint density at radius 1 is 1.50 bits per heavy atom. The van der Waals surface area contributed by atoms with Crippen LogP contribution < -0.4 is 11.1 Å². The van der Waals surface area contributed by atoms with Crippen LogP contribution >= 0.6 is 0 Å². The second kappa shape index (κ2) is 3.79. The zero-order chi connectivity index (χ0) is 9.97. The van der Waals surface area contributed by atoms with Crippen molar-refractivity contribution in [2.24, 2.45) is 5.92 Å². The zero-order valence-corrected chi connectivity index (χ0v) is 7.85. The van der Waals surface area contributed by atoms with E-state index in [4.69, 9.17) is 10.8 Å². The van der Waals surface area contributed by atoms with Gasteiger partial charge in [-0.15, -0.1) is 0 Å². The summed E-state index contributed by atoms with van der Waals surface area (Å²) in [6.45, 7) is 0.123. The van der Waals surface area contributed by atoms with Crippen molar-refractivity contribution in [1.82, 2.24) is 9.97 Å². The van der Waals surface area contributed by atoms with Gasteiger partial charge in [-0.1, -0.05) is 0 Å². The Hall–Kier alpha value is -1.36. The molecule has 0 amide bonds. The van der Waals surface area contributed by atoms with Crippen molar-refractivity contribution >= 4 is 11.6 Å². The third-order valence-electron chi connectivity index (χ3n) is 2.37. The molecule has 1 heterocycles. The quantitative estimate of drug-likeness (QED) is 0.639. The molecule has 76 valence electrons. The number of aliphatic hydroxyl groups excluding tert-OH is 1. The fourth-order valence-electron chi connectivity index (χ4n) is 1.39. The van der Waals surface area contributed by atoms with Crippen molar-refractivity contribution in [1.29, 1.82) is 0 Å². The lowest BCUT2D eigenvalue weighted by atomic mass is 10.2. The average molecular weight is 194 g/mol. The maximum absolute atomic E-state index is 9.11. The zero-order valence-electron chi connectivity index (χ0n) is 7.85. The highest BCUT2D eigenvalue weighted by Gasteiger charge is 2.30. The number of nitrogens with two attached hydrogens (primary N) is 1. The van der Waals surface area contributed by atoms with Gasteiger partial charge in [0.2, 0.25) is 5.95 Å². The Labute approximate surface area is 82.4 Å². The second-order valence-corrected chi connectivity index (χ2v) is 3.61. The lowest BCUT2D eigenvalue weighted by Crippen LogP contribution is -2.27. The SMILES string of the molecule is Nc1cnc(NC(CO)C2CC2)nc1. The van der Waals surface area contributed by atoms with E-state index in [-0.39, 0.29) is 12.6 Å². The van der Waals surface area contributed by atoms with Gasteiger partial charge in [-0.05, 0) is 18.8 Å². The van der Waals surface area contributed by atoms with E-state index in [0.29, 0.717) is 17.6 Å². The van der Waals surface area contributed by atoms with Crippen LogP contribution in [0, 0.1) is 5.92 Å². The number of aliphatic hydroxyl groups is 1. The summed E-state index contributed by atoms with van der Waals surface area (Å²) in [5, 5.41) is 12.2. The summed E-state index contributed by atoms with van der Waals surface area (Å²) in [6, 6.07) is 0.0821. The van der Waals surface area contributed by atoms with Crippen LogP contribution in [0.5, 0.6) is 0 Å². The van der Waals surface area contributed by atoms with E-state index in [1.165, 1.54) is 12.8 Å². The molecular formula is C9H14N4O. The summed E-state index contributed by atoms with van der Waals surface area (Å²) in [5.74, 6) is 1.10. The summed E-state index contributed by atoms with van der Waals surface area (Å²) < 4.78 is 0. The first-order valence-electron chi connectivity index (χ1n) is 4.74. The fraction of sp³-hybridized carbons (Fsp3) is 0.556. The highest BCUT2D eigenvalue weighted by atomic mass is 16.3. The average Bonchev–Trinajstić information content (AvgIpc) is 3.01. The smallest absolute Gasteiger partial charge is 0.223 e. The Bertz CT molecular complexity index is 296. The molecule has 1 aliphatic carbocycles. The first kappa shape index (κ1) is 9.21. The van der Waals surface area contributed by atoms with E-state index in [1.807, 2.05) is 0 Å². The molecule has 5 heteroatoms. The standard InChI is InChI=1S/C9H14N4O/c10-7-3-11-9(12-4-7)13-8(5-14)6-1-2-6/h3-4,6,8,14H,1-2,5,10H2,(H,11,12,13). The summed E-state index contributed by atoms with van der Waals surface area (Å²) in [5.41, 5.74) is 6.00. The molecule has 0 spiro atoms. The number of nitrogens with zero attached hydrogens (tertiary/aromatic N) is 2. The van der Waals surface area contributed by atoms with Gasteiger partial charge in [0, 0.05) is 0 Å². The van der Waals surface area contributed by atoms with Gasteiger partial charge in [0.1, 0.15) is 0 Å². The van der Waals surface area contributed by atoms with Gasteiger partial charge in [0.15, 0.2) is 0 Å². The van der Waals surface area contributed by atoms with Crippen LogP contribution in [-0.4, -0.2) is 27.7 Å². The Kier molecular flexibility index (Phi) is 2.49. The van der Waals surface area contributed by atoms with Crippen LogP contribution in [0.25, 0.3) is 0 Å². The van der Waals surface area contributed by atoms with Gasteiger partial charge in [-0.3, -0.25) is 0 Å². The molecule has 0 radical (unpaired) electrons. The van der Waals surface area contributed by atoms with Crippen molar-refractivity contribution in [3.8, 4) is 0 Å². The van der Waals surface area contributed by atoms with E-state index in [0.717, 1.165) is 0 Å². The number of nitrogens with one attached hydrogen (secondary N) is 1. The molecule has 1 atom stereocenters. The van der Waals surface area contributed by atoms with Gasteiger partial charge < -0.3 is 16.2 Å². The maximum atomic E-state index is 9.11. The molecule has 1 saturated carbocycles. The van der Waals surface area contributed by atoms with Gasteiger partial charge in [0.05, 0.1) is 30.7 Å². The molecule has 1 aromatic rings. The van der Waals surface area contributed by atoms with E-state index in [1.54, 1.807) is 12.4 Å². The van der Waals surface area contributed by atoms with Gasteiger partial charge in [-0.25, -0.2) is 9.97 Å². The Morgan fingerprint density at radius 2 is 2.14 bits per heavy atom. The summed E-state index contributed by atoms with van der Waals surface area (Å²) >= 11 is 0. The number of hydrogen-bond donors (Lipinski definition) is 3. The van der Waals surface area contributed by atoms with Crippen molar-refractivity contribution in [3.63, 3.8) is 0 Å². The van der Waals surface area contributed by atoms with E-state index in [2.05, 4.69) is 15.3 Å². The first-order chi connectivity index (χ1) is 6.79. The topological polar surface area (TPSA) is 84.1 Å². The molecule has 0 aliphatic heterocycles. The van der Waals surface area contributed by atoms with Crippen LogP contribution in [0.15, 0.2) is 12.4 Å². The van der Waals surface area contributed by atoms with Crippen LogP contribution in [0.1, 0.15) is 12.8 Å². The number of aromatic nitrogens is 2. The summed E-state index contributed by atoms with van der Waals surface area (Å²) in [4.78, 5) is 8.04. The van der Waals surface area contributed by atoms with E-state index < -0.39 is 0 Å². The van der Waals surface area contributed by atoms with Crippen molar-refractivity contribution in [2.45, 2.75) is 18.9 Å². The van der Waals surface area contributed by atoms with E-state index >= 15 is 0 Å². The minimum absolute atomic E-state index is 0.0821. The number of hydrogen-bond acceptors (Lipinski definition) is 5. The molecule has 1 aromatic heterocycles. The fourth-order valence-corrected chi connectivity index (χ4v) is 1.39. The van der Waals surface area contributed by atoms with Crippen molar-refractivity contribution in [3.05, 3.63) is 12.4 Å². The summed E-state index contributed by atoms with van der Waals surface area (Å²) in [7, 11) is 0. The van der Waals surface area contributed by atoms with Gasteiger partial charge >= 0.3 is 0 Å². The number of rotatable bonds is 4. The number of anilines is 2. The molecule has 1 fully saturated rings. The van der Waals surface area contributed by atoms with Gasteiger partial charge in [-0.2, -0.15) is 0 Å². The predicted octanol–water partition coefficient (Wildman–Crippen LogP) is 0.242. The number of nitrogen functional groups attached to an aromatic ring is 1. The molecule has 0 bridgehead atoms. The van der Waals surface area contributed by atoms with E-state index in [9.17, 15) is 0 Å². The molecule has 1 unspecified atom stereocenters. The molecule has 5 nitrogen and oxygen atoms in total. The van der Waals surface area contributed by atoms with Crippen LogP contribution in [0.2, 0.25) is 0 Å². The molecule has 1 aliphatic rings. The van der Waals surface area contributed by atoms with Crippen LogP contribution in [0.3, 0.4) is 0 Å². The molecule has 14 heavy (non-hydrogen) atoms. The predicted molar refractivity (Wildman–Crippen MR) is 53.7 cm³/mol. The molecule has 2 rings (SSSR count). The lowest BCUT2D eigenvalue weighted by molar-refractivity contribution is 0.263. The van der Waals surface area contributed by atoms with Crippen LogP contribution in [-0.2, 0) is 0 Å². The first-order valence-corrected chi connectivity index (χ1v) is 4.74. The maximum Gasteiger partial charge on any atom is 0.223 e. The third-order valence-corrected chi connectivity index (χ3v) is 2.37. The molecule has 0 aromatic carbocycles. The lowest BCUT2D eigenvalue weighted by Gasteiger charge is -2.14. The Balaban J connectivity index is 1.98.